The first-order valence-corrected chi connectivity index (χ1v) is 6.94. The van der Waals surface area contributed by atoms with Crippen LogP contribution in [0.1, 0.15) is 0 Å². The fourth-order valence-electron chi connectivity index (χ4n) is 2.21. The summed E-state index contributed by atoms with van der Waals surface area (Å²) >= 11 is 0. The van der Waals surface area contributed by atoms with Crippen LogP contribution in [-0.2, 0) is 0 Å². The van der Waals surface area contributed by atoms with E-state index in [0.29, 0.717) is 11.5 Å². The van der Waals surface area contributed by atoms with Gasteiger partial charge in [0.1, 0.15) is 17.2 Å². The Morgan fingerprint density at radius 3 is 2.26 bits per heavy atom. The quantitative estimate of drug-likeness (QED) is 0.557. The molecular weight excluding hydrogens is 294 g/mol. The number of hydrogen-bond donors (Lipinski definition) is 1. The maximum atomic E-state index is 10.7. The van der Waals surface area contributed by atoms with E-state index in [9.17, 15) is 15.2 Å². The van der Waals surface area contributed by atoms with Crippen LogP contribution < -0.4 is 4.74 Å². The van der Waals surface area contributed by atoms with Crippen molar-refractivity contribution >= 4 is 5.69 Å². The highest BCUT2D eigenvalue weighted by Gasteiger charge is 2.10. The molecule has 3 aromatic rings. The van der Waals surface area contributed by atoms with E-state index < -0.39 is 4.92 Å². The Hall–Kier alpha value is -3.34. The number of phenolic OH excluding ortho intramolecular Hbond substituents is 1. The number of nitro benzene ring substituents is 1. The summed E-state index contributed by atoms with van der Waals surface area (Å²) in [6.07, 6.45) is 0. The van der Waals surface area contributed by atoms with Gasteiger partial charge < -0.3 is 9.84 Å². The second-order valence-electron chi connectivity index (χ2n) is 4.90. The molecule has 114 valence electrons. The summed E-state index contributed by atoms with van der Waals surface area (Å²) in [5.41, 5.74) is 1.77. The molecule has 0 bridgehead atoms. The predicted octanol–water partition coefficient (Wildman–Crippen LogP) is 4.76. The van der Waals surface area contributed by atoms with Gasteiger partial charge in [0.15, 0.2) is 0 Å². The summed E-state index contributed by atoms with van der Waals surface area (Å²) in [6, 6.07) is 20.3. The molecular formula is C18H13NO4. The minimum Gasteiger partial charge on any atom is -0.508 e. The highest BCUT2D eigenvalue weighted by Crippen LogP contribution is 2.36. The summed E-state index contributed by atoms with van der Waals surface area (Å²) in [5, 5.41) is 20.4. The zero-order valence-electron chi connectivity index (χ0n) is 12.0. The summed E-state index contributed by atoms with van der Waals surface area (Å²) in [6.45, 7) is 0. The van der Waals surface area contributed by atoms with Gasteiger partial charge in [-0.25, -0.2) is 0 Å². The van der Waals surface area contributed by atoms with Crippen LogP contribution in [-0.4, -0.2) is 10.0 Å². The molecule has 0 aliphatic rings. The molecule has 0 spiro atoms. The first-order valence-electron chi connectivity index (χ1n) is 6.94. The first-order chi connectivity index (χ1) is 11.1. The van der Waals surface area contributed by atoms with Gasteiger partial charge in [0.25, 0.3) is 5.69 Å². The monoisotopic (exact) mass is 307 g/mol. The second-order valence-corrected chi connectivity index (χ2v) is 4.90. The van der Waals surface area contributed by atoms with E-state index in [0.717, 1.165) is 11.1 Å². The van der Waals surface area contributed by atoms with E-state index in [4.69, 9.17) is 4.74 Å². The number of ether oxygens (including phenoxy) is 1. The van der Waals surface area contributed by atoms with Crippen molar-refractivity contribution < 1.29 is 14.8 Å². The lowest BCUT2D eigenvalue weighted by Crippen LogP contribution is -1.90. The molecule has 0 aromatic heterocycles. The molecule has 0 heterocycles. The van der Waals surface area contributed by atoms with Crippen molar-refractivity contribution in [3.8, 4) is 28.4 Å². The number of rotatable bonds is 4. The second kappa shape index (κ2) is 6.19. The van der Waals surface area contributed by atoms with Crippen molar-refractivity contribution in [3.63, 3.8) is 0 Å². The molecule has 3 aromatic carbocycles. The van der Waals surface area contributed by atoms with Gasteiger partial charge in [-0.15, -0.1) is 0 Å². The standard InChI is InChI=1S/C18H13NO4/c20-15-8-11-17(13-4-2-1-3-5-13)18(12-15)23-16-9-6-14(7-10-16)19(21)22/h1-12,20H. The first kappa shape index (κ1) is 14.6. The van der Waals surface area contributed by atoms with E-state index in [-0.39, 0.29) is 11.4 Å². The van der Waals surface area contributed by atoms with E-state index in [1.54, 1.807) is 12.1 Å². The highest BCUT2D eigenvalue weighted by atomic mass is 16.6. The highest BCUT2D eigenvalue weighted by molar-refractivity contribution is 5.72. The average Bonchev–Trinajstić information content (AvgIpc) is 2.56. The number of non-ortho nitro benzene ring substituents is 1. The fourth-order valence-corrected chi connectivity index (χ4v) is 2.21. The Bertz CT molecular complexity index is 829. The minimum atomic E-state index is -0.465. The zero-order valence-corrected chi connectivity index (χ0v) is 12.0. The van der Waals surface area contributed by atoms with E-state index in [2.05, 4.69) is 0 Å². The maximum absolute atomic E-state index is 10.7. The Balaban J connectivity index is 1.96. The van der Waals surface area contributed by atoms with Crippen LogP contribution >= 0.6 is 0 Å². The Morgan fingerprint density at radius 2 is 1.61 bits per heavy atom. The molecule has 0 atom stereocenters. The third kappa shape index (κ3) is 3.29. The van der Waals surface area contributed by atoms with E-state index in [1.807, 2.05) is 30.3 Å². The molecule has 0 saturated heterocycles. The molecule has 0 amide bonds. The lowest BCUT2D eigenvalue weighted by molar-refractivity contribution is -0.384. The molecule has 0 aliphatic carbocycles. The Kier molecular flexibility index (Phi) is 3.93. The van der Waals surface area contributed by atoms with Crippen molar-refractivity contribution in [1.29, 1.82) is 0 Å². The lowest BCUT2D eigenvalue weighted by atomic mass is 10.0. The van der Waals surface area contributed by atoms with Gasteiger partial charge >= 0.3 is 0 Å². The SMILES string of the molecule is O=[N+]([O-])c1ccc(Oc2cc(O)ccc2-c2ccccc2)cc1. The molecule has 0 aliphatic heterocycles. The van der Waals surface area contributed by atoms with Crippen LogP contribution in [0.25, 0.3) is 11.1 Å². The number of benzene rings is 3. The summed E-state index contributed by atoms with van der Waals surface area (Å²) in [7, 11) is 0. The van der Waals surface area contributed by atoms with Crippen LogP contribution in [0.4, 0.5) is 5.69 Å². The van der Waals surface area contributed by atoms with E-state index >= 15 is 0 Å². The molecule has 0 saturated carbocycles. The topological polar surface area (TPSA) is 72.6 Å². The maximum Gasteiger partial charge on any atom is 0.269 e. The fraction of sp³-hybridized carbons (Fsp3) is 0. The molecule has 3 rings (SSSR count). The van der Waals surface area contributed by atoms with Crippen molar-refractivity contribution in [2.75, 3.05) is 0 Å². The van der Waals surface area contributed by atoms with Gasteiger partial charge in [0.2, 0.25) is 0 Å². The van der Waals surface area contributed by atoms with Gasteiger partial charge in [-0.2, -0.15) is 0 Å². The number of aromatic hydroxyl groups is 1. The summed E-state index contributed by atoms with van der Waals surface area (Å²) in [5.74, 6) is 1.02. The van der Waals surface area contributed by atoms with Crippen LogP contribution in [0.5, 0.6) is 17.2 Å². The normalized spacial score (nSPS) is 10.3. The third-order valence-corrected chi connectivity index (χ3v) is 3.33. The number of hydrogen-bond acceptors (Lipinski definition) is 4. The van der Waals surface area contributed by atoms with Crippen LogP contribution in [0.15, 0.2) is 72.8 Å². The van der Waals surface area contributed by atoms with Crippen LogP contribution in [0.3, 0.4) is 0 Å². The van der Waals surface area contributed by atoms with Crippen LogP contribution in [0, 0.1) is 10.1 Å². The smallest absolute Gasteiger partial charge is 0.269 e. The Morgan fingerprint density at radius 1 is 0.913 bits per heavy atom. The van der Waals surface area contributed by atoms with E-state index in [1.165, 1.54) is 30.3 Å². The molecule has 0 fully saturated rings. The van der Waals surface area contributed by atoms with Crippen molar-refractivity contribution in [1.82, 2.24) is 0 Å². The number of phenols is 1. The minimum absolute atomic E-state index is 0.00320. The van der Waals surface area contributed by atoms with Crippen LogP contribution in [0.2, 0.25) is 0 Å². The molecule has 1 N–H and O–H groups in total. The molecule has 0 unspecified atom stereocenters. The molecule has 23 heavy (non-hydrogen) atoms. The Labute approximate surface area is 132 Å². The van der Waals surface area contributed by atoms with Gasteiger partial charge in [0, 0.05) is 23.8 Å². The predicted molar refractivity (Wildman–Crippen MR) is 86.7 cm³/mol. The summed E-state index contributed by atoms with van der Waals surface area (Å²) in [4.78, 5) is 10.2. The van der Waals surface area contributed by atoms with Gasteiger partial charge in [-0.05, 0) is 29.8 Å². The van der Waals surface area contributed by atoms with Crippen molar-refractivity contribution in [3.05, 3.63) is 82.9 Å². The van der Waals surface area contributed by atoms with Crippen molar-refractivity contribution in [2.24, 2.45) is 0 Å². The lowest BCUT2D eigenvalue weighted by Gasteiger charge is -2.12. The van der Waals surface area contributed by atoms with Crippen molar-refractivity contribution in [2.45, 2.75) is 0 Å². The summed E-state index contributed by atoms with van der Waals surface area (Å²) < 4.78 is 5.80. The van der Waals surface area contributed by atoms with Gasteiger partial charge in [-0.1, -0.05) is 30.3 Å². The molecule has 0 radical (unpaired) electrons. The number of nitrogens with zero attached hydrogens (tertiary/aromatic N) is 1. The zero-order chi connectivity index (χ0) is 16.2. The largest absolute Gasteiger partial charge is 0.508 e. The van der Waals surface area contributed by atoms with Gasteiger partial charge in [0.05, 0.1) is 4.92 Å². The molecule has 5 nitrogen and oxygen atoms in total. The van der Waals surface area contributed by atoms with Gasteiger partial charge in [-0.3, -0.25) is 10.1 Å². The molecule has 5 heteroatoms. The third-order valence-electron chi connectivity index (χ3n) is 3.33. The number of nitro groups is 1. The average molecular weight is 307 g/mol.